The smallest absolute Gasteiger partial charge is 0.161 e. The fourth-order valence-corrected chi connectivity index (χ4v) is 1.12. The van der Waals surface area contributed by atoms with Gasteiger partial charge in [0.2, 0.25) is 0 Å². The molecule has 0 radical (unpaired) electrons. The van der Waals surface area contributed by atoms with E-state index in [1.165, 1.54) is 0 Å². The van der Waals surface area contributed by atoms with Gasteiger partial charge in [-0.1, -0.05) is 6.07 Å². The number of hydrogen-bond donors (Lipinski definition) is 2. The molecular weight excluding hydrogens is 192 g/mol. The number of ether oxygens (including phenoxy) is 1. The number of hydrazine groups is 1. The number of aliphatic imine (C=N–C) groups is 1. The lowest BCUT2D eigenvalue weighted by atomic mass is 10.3. The van der Waals surface area contributed by atoms with Crippen LogP contribution in [0, 0.1) is 6.92 Å². The summed E-state index contributed by atoms with van der Waals surface area (Å²) in [6.07, 6.45) is 0. The molecule has 5 nitrogen and oxygen atoms in total. The van der Waals surface area contributed by atoms with Gasteiger partial charge in [-0.05, 0) is 19.1 Å². The second-order valence-electron chi connectivity index (χ2n) is 3.03. The Morgan fingerprint density at radius 2 is 2.40 bits per heavy atom. The van der Waals surface area contributed by atoms with Crippen molar-refractivity contribution in [3.63, 3.8) is 0 Å². The number of nitrogens with one attached hydrogen (secondary N) is 1. The SMILES string of the molecule is COCCN=C(NN)c1cccc(C)n1. The maximum atomic E-state index is 5.38. The van der Waals surface area contributed by atoms with Crippen LogP contribution in [-0.2, 0) is 4.74 Å². The predicted octanol–water partition coefficient (Wildman–Crippen LogP) is 0.246. The maximum absolute atomic E-state index is 5.38. The minimum atomic E-state index is 0.561. The lowest BCUT2D eigenvalue weighted by Gasteiger charge is -2.05. The minimum Gasteiger partial charge on any atom is -0.383 e. The van der Waals surface area contributed by atoms with Crippen molar-refractivity contribution in [2.75, 3.05) is 20.3 Å². The molecule has 1 aromatic rings. The maximum Gasteiger partial charge on any atom is 0.161 e. The molecule has 0 amide bonds. The van der Waals surface area contributed by atoms with E-state index in [9.17, 15) is 0 Å². The quantitative estimate of drug-likeness (QED) is 0.244. The van der Waals surface area contributed by atoms with Crippen LogP contribution in [-0.4, -0.2) is 31.1 Å². The Bertz CT molecular complexity index is 338. The minimum absolute atomic E-state index is 0.561. The Balaban J connectivity index is 2.77. The van der Waals surface area contributed by atoms with Gasteiger partial charge in [-0.25, -0.2) is 10.8 Å². The van der Waals surface area contributed by atoms with Crippen LogP contribution in [0.15, 0.2) is 23.2 Å². The van der Waals surface area contributed by atoms with Gasteiger partial charge in [-0.3, -0.25) is 4.99 Å². The van der Waals surface area contributed by atoms with Crippen molar-refractivity contribution in [1.29, 1.82) is 0 Å². The van der Waals surface area contributed by atoms with Gasteiger partial charge in [0.05, 0.1) is 13.2 Å². The van der Waals surface area contributed by atoms with Crippen LogP contribution in [0.2, 0.25) is 0 Å². The van der Waals surface area contributed by atoms with Crippen LogP contribution in [0.25, 0.3) is 0 Å². The summed E-state index contributed by atoms with van der Waals surface area (Å²) in [6, 6.07) is 5.70. The molecule has 0 bridgehead atoms. The van der Waals surface area contributed by atoms with Crippen LogP contribution in [0.1, 0.15) is 11.4 Å². The molecule has 0 aromatic carbocycles. The van der Waals surface area contributed by atoms with Gasteiger partial charge in [-0.15, -0.1) is 0 Å². The van der Waals surface area contributed by atoms with Crippen molar-refractivity contribution in [3.8, 4) is 0 Å². The highest BCUT2D eigenvalue weighted by Gasteiger charge is 2.02. The largest absolute Gasteiger partial charge is 0.383 e. The first-order chi connectivity index (χ1) is 7.27. The number of pyridine rings is 1. The van der Waals surface area contributed by atoms with Crippen molar-refractivity contribution >= 4 is 5.84 Å². The first-order valence-electron chi connectivity index (χ1n) is 4.72. The van der Waals surface area contributed by atoms with Crippen molar-refractivity contribution in [2.24, 2.45) is 10.8 Å². The molecule has 5 heteroatoms. The summed E-state index contributed by atoms with van der Waals surface area (Å²) in [4.78, 5) is 8.55. The molecule has 0 fully saturated rings. The van der Waals surface area contributed by atoms with Crippen LogP contribution in [0.5, 0.6) is 0 Å². The summed E-state index contributed by atoms with van der Waals surface area (Å²) in [6.45, 7) is 3.05. The highest BCUT2D eigenvalue weighted by Crippen LogP contribution is 1.98. The summed E-state index contributed by atoms with van der Waals surface area (Å²) in [5, 5.41) is 0. The molecule has 0 aliphatic heterocycles. The molecule has 0 aliphatic carbocycles. The number of nitrogens with zero attached hydrogens (tertiary/aromatic N) is 2. The molecular formula is C10H16N4O. The van der Waals surface area contributed by atoms with Gasteiger partial charge < -0.3 is 10.2 Å². The molecule has 0 spiro atoms. The molecule has 0 atom stereocenters. The molecule has 82 valence electrons. The average Bonchev–Trinajstić information content (AvgIpc) is 2.24. The molecule has 0 saturated carbocycles. The van der Waals surface area contributed by atoms with E-state index < -0.39 is 0 Å². The van der Waals surface area contributed by atoms with Crippen molar-refractivity contribution in [1.82, 2.24) is 10.4 Å². The van der Waals surface area contributed by atoms with Crippen LogP contribution < -0.4 is 11.3 Å². The molecule has 15 heavy (non-hydrogen) atoms. The molecule has 3 N–H and O–H groups in total. The van der Waals surface area contributed by atoms with E-state index in [-0.39, 0.29) is 0 Å². The Kier molecular flexibility index (Phi) is 4.73. The third-order valence-electron chi connectivity index (χ3n) is 1.83. The van der Waals surface area contributed by atoms with E-state index in [0.717, 1.165) is 11.4 Å². The molecule has 1 rings (SSSR count). The lowest BCUT2D eigenvalue weighted by molar-refractivity contribution is 0.208. The first-order valence-corrected chi connectivity index (χ1v) is 4.72. The number of aryl methyl sites for hydroxylation is 1. The number of aromatic nitrogens is 1. The van der Waals surface area contributed by atoms with Crippen molar-refractivity contribution in [2.45, 2.75) is 6.92 Å². The summed E-state index contributed by atoms with van der Waals surface area (Å²) < 4.78 is 4.90. The Labute approximate surface area is 89.3 Å². The van der Waals surface area contributed by atoms with Crippen LogP contribution in [0.4, 0.5) is 0 Å². The van der Waals surface area contributed by atoms with Crippen LogP contribution >= 0.6 is 0 Å². The lowest BCUT2D eigenvalue weighted by Crippen LogP contribution is -2.32. The highest BCUT2D eigenvalue weighted by atomic mass is 16.5. The van der Waals surface area contributed by atoms with E-state index in [4.69, 9.17) is 10.6 Å². The number of nitrogens with two attached hydrogens (primary N) is 1. The number of methoxy groups -OCH3 is 1. The topological polar surface area (TPSA) is 72.5 Å². The zero-order valence-electron chi connectivity index (χ0n) is 9.03. The first kappa shape index (κ1) is 11.6. The van der Waals surface area contributed by atoms with E-state index in [2.05, 4.69) is 15.4 Å². The van der Waals surface area contributed by atoms with E-state index in [1.54, 1.807) is 7.11 Å². The van der Waals surface area contributed by atoms with E-state index >= 15 is 0 Å². The third-order valence-corrected chi connectivity index (χ3v) is 1.83. The number of hydrogen-bond acceptors (Lipinski definition) is 4. The number of rotatable bonds is 4. The van der Waals surface area contributed by atoms with Gasteiger partial charge >= 0.3 is 0 Å². The standard InChI is InChI=1S/C10H16N4O/c1-8-4-3-5-9(13-8)10(14-11)12-6-7-15-2/h3-5H,6-7,11H2,1-2H3,(H,12,14). The predicted molar refractivity (Wildman–Crippen MR) is 59.6 cm³/mol. The monoisotopic (exact) mass is 208 g/mol. The summed E-state index contributed by atoms with van der Waals surface area (Å²) in [5.74, 6) is 5.95. The fraction of sp³-hybridized carbons (Fsp3) is 0.400. The Hall–Kier alpha value is -1.46. The Morgan fingerprint density at radius 1 is 1.60 bits per heavy atom. The summed E-state index contributed by atoms with van der Waals surface area (Å²) in [7, 11) is 1.63. The van der Waals surface area contributed by atoms with E-state index in [1.807, 2.05) is 25.1 Å². The zero-order valence-corrected chi connectivity index (χ0v) is 9.03. The van der Waals surface area contributed by atoms with Gasteiger partial charge in [0.25, 0.3) is 0 Å². The summed E-state index contributed by atoms with van der Waals surface area (Å²) in [5.41, 5.74) is 4.21. The highest BCUT2D eigenvalue weighted by molar-refractivity contribution is 5.96. The van der Waals surface area contributed by atoms with Crippen molar-refractivity contribution < 1.29 is 4.74 Å². The Morgan fingerprint density at radius 3 is 3.00 bits per heavy atom. The normalized spacial score (nSPS) is 11.5. The van der Waals surface area contributed by atoms with Gasteiger partial charge in [0.15, 0.2) is 5.84 Å². The third kappa shape index (κ3) is 3.65. The molecule has 0 unspecified atom stereocenters. The van der Waals surface area contributed by atoms with Crippen molar-refractivity contribution in [3.05, 3.63) is 29.6 Å². The zero-order chi connectivity index (χ0) is 11.1. The molecule has 1 heterocycles. The van der Waals surface area contributed by atoms with Crippen LogP contribution in [0.3, 0.4) is 0 Å². The van der Waals surface area contributed by atoms with E-state index in [0.29, 0.717) is 19.0 Å². The molecule has 0 aliphatic rings. The van der Waals surface area contributed by atoms with Gasteiger partial charge in [0.1, 0.15) is 5.69 Å². The average molecular weight is 208 g/mol. The van der Waals surface area contributed by atoms with Gasteiger partial charge in [-0.2, -0.15) is 0 Å². The molecule has 1 aromatic heterocycles. The molecule has 0 saturated heterocycles. The summed E-state index contributed by atoms with van der Waals surface area (Å²) >= 11 is 0. The fourth-order valence-electron chi connectivity index (χ4n) is 1.12. The second-order valence-corrected chi connectivity index (χ2v) is 3.03. The number of amidine groups is 1. The van der Waals surface area contributed by atoms with Gasteiger partial charge in [0, 0.05) is 12.8 Å². The second kappa shape index (κ2) is 6.10.